The Morgan fingerprint density at radius 2 is 1.06 bits per heavy atom. The van der Waals surface area contributed by atoms with Gasteiger partial charge in [0.25, 0.3) is 0 Å². The number of aromatic nitrogens is 3. The molecule has 0 radical (unpaired) electrons. The highest BCUT2D eigenvalue weighted by Gasteiger charge is 2.08. The SMILES string of the molecule is Nc1cccc(CNc2nc(Nc3cccc(N)c3)nc(Nc3cccc(N)c3)n2)c1. The van der Waals surface area contributed by atoms with Crippen molar-refractivity contribution in [1.82, 2.24) is 15.0 Å². The van der Waals surface area contributed by atoms with Crippen LogP contribution in [0.25, 0.3) is 0 Å². The van der Waals surface area contributed by atoms with Gasteiger partial charge in [-0.25, -0.2) is 0 Å². The van der Waals surface area contributed by atoms with Crippen LogP contribution >= 0.6 is 0 Å². The van der Waals surface area contributed by atoms with Crippen molar-refractivity contribution >= 4 is 46.3 Å². The Morgan fingerprint density at radius 1 is 0.581 bits per heavy atom. The van der Waals surface area contributed by atoms with Gasteiger partial charge < -0.3 is 33.2 Å². The summed E-state index contributed by atoms with van der Waals surface area (Å²) in [5.41, 5.74) is 22.1. The molecule has 4 rings (SSSR count). The van der Waals surface area contributed by atoms with E-state index in [1.165, 1.54) is 0 Å². The van der Waals surface area contributed by atoms with Crippen molar-refractivity contribution < 1.29 is 0 Å². The fraction of sp³-hybridized carbons (Fsp3) is 0.0455. The molecule has 0 aliphatic heterocycles. The number of nitrogens with two attached hydrogens (primary N) is 3. The van der Waals surface area contributed by atoms with Crippen molar-refractivity contribution in [2.24, 2.45) is 0 Å². The van der Waals surface area contributed by atoms with Gasteiger partial charge in [-0.2, -0.15) is 15.0 Å². The summed E-state index contributed by atoms with van der Waals surface area (Å²) in [4.78, 5) is 13.4. The van der Waals surface area contributed by atoms with Crippen molar-refractivity contribution in [1.29, 1.82) is 0 Å². The van der Waals surface area contributed by atoms with Crippen molar-refractivity contribution in [3.8, 4) is 0 Å². The van der Waals surface area contributed by atoms with E-state index >= 15 is 0 Å². The summed E-state index contributed by atoms with van der Waals surface area (Å²) in [7, 11) is 0. The van der Waals surface area contributed by atoms with Crippen LogP contribution in [0.3, 0.4) is 0 Å². The quantitative estimate of drug-likeness (QED) is 0.249. The van der Waals surface area contributed by atoms with Crippen molar-refractivity contribution in [3.05, 3.63) is 78.4 Å². The van der Waals surface area contributed by atoms with Gasteiger partial charge in [-0.05, 0) is 54.1 Å². The van der Waals surface area contributed by atoms with E-state index in [0.29, 0.717) is 41.5 Å². The number of rotatable bonds is 7. The fourth-order valence-corrected chi connectivity index (χ4v) is 2.94. The Morgan fingerprint density at radius 3 is 1.58 bits per heavy atom. The van der Waals surface area contributed by atoms with Gasteiger partial charge in [0.05, 0.1) is 0 Å². The molecule has 0 unspecified atom stereocenters. The van der Waals surface area contributed by atoms with Gasteiger partial charge in [0.15, 0.2) is 0 Å². The molecule has 4 aromatic rings. The van der Waals surface area contributed by atoms with Crippen LogP contribution in [0.1, 0.15) is 5.56 Å². The molecule has 0 spiro atoms. The first-order chi connectivity index (χ1) is 15.0. The first kappa shape index (κ1) is 19.8. The summed E-state index contributed by atoms with van der Waals surface area (Å²) in [6.45, 7) is 0.504. The zero-order valence-corrected chi connectivity index (χ0v) is 16.7. The Hall–Kier alpha value is -4.53. The molecule has 0 aliphatic rings. The highest BCUT2D eigenvalue weighted by atomic mass is 15.3. The number of nitrogen functional groups attached to an aromatic ring is 3. The molecule has 0 bridgehead atoms. The molecular weight excluding hydrogens is 390 g/mol. The first-order valence-corrected chi connectivity index (χ1v) is 9.63. The molecule has 1 aromatic heterocycles. The van der Waals surface area contributed by atoms with Crippen molar-refractivity contribution in [2.75, 3.05) is 33.2 Å². The van der Waals surface area contributed by atoms with E-state index in [1.807, 2.05) is 60.7 Å². The molecule has 9 nitrogen and oxygen atoms in total. The number of anilines is 8. The summed E-state index contributed by atoms with van der Waals surface area (Å²) >= 11 is 0. The number of nitrogens with one attached hydrogen (secondary N) is 3. The lowest BCUT2D eigenvalue weighted by Gasteiger charge is -2.12. The average Bonchev–Trinajstić information content (AvgIpc) is 2.72. The largest absolute Gasteiger partial charge is 0.399 e. The number of benzene rings is 3. The summed E-state index contributed by atoms with van der Waals surface area (Å²) in [6, 6.07) is 22.3. The van der Waals surface area contributed by atoms with Crippen LogP contribution in [-0.2, 0) is 6.54 Å². The van der Waals surface area contributed by atoms with E-state index < -0.39 is 0 Å². The Bertz CT molecular complexity index is 1130. The second-order valence-electron chi connectivity index (χ2n) is 6.91. The maximum absolute atomic E-state index is 5.87. The topological polar surface area (TPSA) is 153 Å². The minimum atomic E-state index is 0.363. The van der Waals surface area contributed by atoms with Gasteiger partial charge >= 0.3 is 0 Å². The van der Waals surface area contributed by atoms with Crippen LogP contribution in [0.5, 0.6) is 0 Å². The van der Waals surface area contributed by atoms with Gasteiger partial charge in [-0.3, -0.25) is 0 Å². The zero-order valence-electron chi connectivity index (χ0n) is 16.7. The van der Waals surface area contributed by atoms with Crippen molar-refractivity contribution in [2.45, 2.75) is 6.54 Å². The van der Waals surface area contributed by atoms with E-state index in [9.17, 15) is 0 Å². The second-order valence-corrected chi connectivity index (χ2v) is 6.91. The van der Waals surface area contributed by atoms with Crippen LogP contribution in [-0.4, -0.2) is 15.0 Å². The van der Waals surface area contributed by atoms with Crippen LogP contribution in [0.15, 0.2) is 72.8 Å². The smallest absolute Gasteiger partial charge is 0.233 e. The average molecular weight is 413 g/mol. The molecule has 31 heavy (non-hydrogen) atoms. The maximum Gasteiger partial charge on any atom is 0.233 e. The zero-order chi connectivity index (χ0) is 21.6. The third-order valence-corrected chi connectivity index (χ3v) is 4.32. The van der Waals surface area contributed by atoms with Gasteiger partial charge in [0.2, 0.25) is 17.8 Å². The summed E-state index contributed by atoms with van der Waals surface area (Å²) in [6.07, 6.45) is 0. The third-order valence-electron chi connectivity index (χ3n) is 4.32. The molecule has 9 N–H and O–H groups in total. The Balaban J connectivity index is 1.60. The molecular formula is C22H23N9. The lowest BCUT2D eigenvalue weighted by atomic mass is 10.2. The van der Waals surface area contributed by atoms with E-state index in [4.69, 9.17) is 17.2 Å². The van der Waals surface area contributed by atoms with Gasteiger partial charge in [-0.1, -0.05) is 24.3 Å². The first-order valence-electron chi connectivity index (χ1n) is 9.63. The molecule has 0 fully saturated rings. The minimum absolute atomic E-state index is 0.363. The van der Waals surface area contributed by atoms with Crippen LogP contribution in [0, 0.1) is 0 Å². The van der Waals surface area contributed by atoms with Gasteiger partial charge in [0.1, 0.15) is 0 Å². The highest BCUT2D eigenvalue weighted by Crippen LogP contribution is 2.21. The minimum Gasteiger partial charge on any atom is -0.399 e. The van der Waals surface area contributed by atoms with E-state index in [0.717, 1.165) is 16.9 Å². The highest BCUT2D eigenvalue weighted by molar-refractivity contribution is 5.63. The Kier molecular flexibility index (Phi) is 5.66. The van der Waals surface area contributed by atoms with Crippen LogP contribution < -0.4 is 33.2 Å². The maximum atomic E-state index is 5.87. The molecule has 0 atom stereocenters. The van der Waals surface area contributed by atoms with E-state index in [2.05, 4.69) is 30.9 Å². The molecule has 0 aliphatic carbocycles. The molecule has 156 valence electrons. The van der Waals surface area contributed by atoms with Gasteiger partial charge in [0, 0.05) is 35.0 Å². The predicted molar refractivity (Wildman–Crippen MR) is 126 cm³/mol. The van der Waals surface area contributed by atoms with E-state index in [1.54, 1.807) is 12.1 Å². The van der Waals surface area contributed by atoms with E-state index in [-0.39, 0.29) is 0 Å². The second kappa shape index (κ2) is 8.87. The normalized spacial score (nSPS) is 10.5. The molecule has 0 saturated carbocycles. The Labute approximate surface area is 179 Å². The summed E-state index contributed by atoms with van der Waals surface area (Å²) < 4.78 is 0. The molecule has 9 heteroatoms. The third kappa shape index (κ3) is 5.51. The standard InChI is InChI=1S/C22H23N9/c23-15-5-1-4-14(10-15)13-26-20-29-21(27-18-8-2-6-16(24)11-18)31-22(30-20)28-19-9-3-7-17(25)12-19/h1-12H,13,23-25H2,(H3,26,27,28,29,30,31). The number of nitrogens with zero attached hydrogens (tertiary/aromatic N) is 3. The van der Waals surface area contributed by atoms with Gasteiger partial charge in [-0.15, -0.1) is 0 Å². The lowest BCUT2D eigenvalue weighted by Crippen LogP contribution is -2.10. The molecule has 1 heterocycles. The van der Waals surface area contributed by atoms with Crippen molar-refractivity contribution in [3.63, 3.8) is 0 Å². The monoisotopic (exact) mass is 413 g/mol. The molecule has 0 saturated heterocycles. The fourth-order valence-electron chi connectivity index (χ4n) is 2.94. The number of hydrogen-bond donors (Lipinski definition) is 6. The molecule has 0 amide bonds. The number of hydrogen-bond acceptors (Lipinski definition) is 9. The lowest BCUT2D eigenvalue weighted by molar-refractivity contribution is 1.01. The molecule has 3 aromatic carbocycles. The van der Waals surface area contributed by atoms with Crippen LogP contribution in [0.4, 0.5) is 46.3 Å². The van der Waals surface area contributed by atoms with Crippen LogP contribution in [0.2, 0.25) is 0 Å². The summed E-state index contributed by atoms with van der Waals surface area (Å²) in [5.74, 6) is 1.12. The predicted octanol–water partition coefficient (Wildman–Crippen LogP) is 3.72. The summed E-state index contributed by atoms with van der Waals surface area (Å²) in [5, 5.41) is 9.54.